The minimum absolute atomic E-state index is 0.0116. The summed E-state index contributed by atoms with van der Waals surface area (Å²) in [4.78, 5) is 22.3. The van der Waals surface area contributed by atoms with Crippen LogP contribution >= 0.6 is 27.5 Å². The Kier molecular flexibility index (Phi) is 7.27. The summed E-state index contributed by atoms with van der Waals surface area (Å²) < 4.78 is 31.3. The SMILES string of the molecule is CCNC(=O)COC(=O)CNS(=O)(=O)c1ccc(Br)cc1Cl. The second kappa shape index (κ2) is 8.47. The summed E-state index contributed by atoms with van der Waals surface area (Å²) >= 11 is 9.01. The average Bonchev–Trinajstić information content (AvgIpc) is 2.43. The van der Waals surface area contributed by atoms with Gasteiger partial charge in [0.15, 0.2) is 6.61 Å². The number of amides is 1. The maximum absolute atomic E-state index is 12.0. The lowest BCUT2D eigenvalue weighted by molar-refractivity contribution is -0.147. The van der Waals surface area contributed by atoms with Gasteiger partial charge >= 0.3 is 5.97 Å². The van der Waals surface area contributed by atoms with Crippen molar-refractivity contribution in [3.63, 3.8) is 0 Å². The number of sulfonamides is 1. The smallest absolute Gasteiger partial charge is 0.321 e. The van der Waals surface area contributed by atoms with Crippen LogP contribution in [-0.4, -0.2) is 40.0 Å². The fourth-order valence-electron chi connectivity index (χ4n) is 1.37. The minimum Gasteiger partial charge on any atom is -0.455 e. The summed E-state index contributed by atoms with van der Waals surface area (Å²) in [5.41, 5.74) is 0. The molecule has 2 N–H and O–H groups in total. The van der Waals surface area contributed by atoms with Crippen LogP contribution in [0.4, 0.5) is 0 Å². The number of ether oxygens (including phenoxy) is 1. The van der Waals surface area contributed by atoms with Crippen molar-refractivity contribution in [3.8, 4) is 0 Å². The van der Waals surface area contributed by atoms with Crippen molar-refractivity contribution in [2.75, 3.05) is 19.7 Å². The monoisotopic (exact) mass is 412 g/mol. The topological polar surface area (TPSA) is 102 Å². The minimum atomic E-state index is -3.96. The van der Waals surface area contributed by atoms with Gasteiger partial charge in [0.05, 0.1) is 5.02 Å². The van der Waals surface area contributed by atoms with Gasteiger partial charge in [-0.3, -0.25) is 9.59 Å². The molecule has 0 aromatic heterocycles. The number of likely N-dealkylation sites (N-methyl/N-ethyl adjacent to an activating group) is 1. The molecule has 0 unspecified atom stereocenters. The van der Waals surface area contributed by atoms with E-state index in [0.717, 1.165) is 0 Å². The van der Waals surface area contributed by atoms with Crippen LogP contribution in [0.1, 0.15) is 6.92 Å². The van der Waals surface area contributed by atoms with Gasteiger partial charge in [0.25, 0.3) is 5.91 Å². The molecule has 0 aliphatic carbocycles. The third-order valence-corrected chi connectivity index (χ3v) is 4.71. The number of carbonyl (C=O) groups excluding carboxylic acids is 2. The first-order valence-corrected chi connectivity index (χ1v) is 8.78. The third kappa shape index (κ3) is 5.91. The van der Waals surface area contributed by atoms with Gasteiger partial charge < -0.3 is 10.1 Å². The molecule has 10 heteroatoms. The second-order valence-electron chi connectivity index (χ2n) is 4.01. The van der Waals surface area contributed by atoms with Gasteiger partial charge in [0.2, 0.25) is 10.0 Å². The van der Waals surface area contributed by atoms with Crippen molar-refractivity contribution in [2.24, 2.45) is 0 Å². The highest BCUT2D eigenvalue weighted by atomic mass is 79.9. The van der Waals surface area contributed by atoms with E-state index in [-0.39, 0.29) is 9.92 Å². The molecule has 0 aliphatic heterocycles. The number of hydrogen-bond acceptors (Lipinski definition) is 5. The van der Waals surface area contributed by atoms with E-state index in [1.165, 1.54) is 18.2 Å². The van der Waals surface area contributed by atoms with E-state index in [0.29, 0.717) is 11.0 Å². The van der Waals surface area contributed by atoms with Gasteiger partial charge in [-0.1, -0.05) is 27.5 Å². The third-order valence-electron chi connectivity index (χ3n) is 2.33. The van der Waals surface area contributed by atoms with Crippen LogP contribution in [0.25, 0.3) is 0 Å². The van der Waals surface area contributed by atoms with Crippen LogP contribution in [0, 0.1) is 0 Å². The molecule has 1 amide bonds. The zero-order valence-corrected chi connectivity index (χ0v) is 14.7. The Hall–Kier alpha value is -1.16. The normalized spacial score (nSPS) is 11.0. The van der Waals surface area contributed by atoms with E-state index in [9.17, 15) is 18.0 Å². The van der Waals surface area contributed by atoms with Crippen LogP contribution in [-0.2, 0) is 24.3 Å². The molecule has 0 saturated heterocycles. The number of halogens is 2. The number of rotatable bonds is 7. The maximum atomic E-state index is 12.0. The molecule has 22 heavy (non-hydrogen) atoms. The molecule has 0 radical (unpaired) electrons. The molecular weight excluding hydrogens is 400 g/mol. The molecular formula is C12H14BrClN2O5S. The van der Waals surface area contributed by atoms with Crippen LogP contribution < -0.4 is 10.0 Å². The predicted molar refractivity (Wildman–Crippen MR) is 84.0 cm³/mol. The van der Waals surface area contributed by atoms with Crippen LogP contribution in [0.2, 0.25) is 5.02 Å². The van der Waals surface area contributed by atoms with E-state index < -0.39 is 35.1 Å². The van der Waals surface area contributed by atoms with Gasteiger partial charge in [0.1, 0.15) is 11.4 Å². The molecule has 7 nitrogen and oxygen atoms in total. The predicted octanol–water partition coefficient (Wildman–Crippen LogP) is 1.06. The molecule has 0 aliphatic rings. The van der Waals surface area contributed by atoms with Crippen molar-refractivity contribution >= 4 is 49.4 Å². The van der Waals surface area contributed by atoms with Gasteiger partial charge in [-0.25, -0.2) is 8.42 Å². The molecule has 1 aromatic rings. The molecule has 122 valence electrons. The van der Waals surface area contributed by atoms with Crippen LogP contribution in [0.3, 0.4) is 0 Å². The number of esters is 1. The highest BCUT2D eigenvalue weighted by molar-refractivity contribution is 9.10. The van der Waals surface area contributed by atoms with E-state index in [4.69, 9.17) is 11.6 Å². The fraction of sp³-hybridized carbons (Fsp3) is 0.333. The van der Waals surface area contributed by atoms with Gasteiger partial charge in [-0.15, -0.1) is 0 Å². The van der Waals surface area contributed by atoms with Crippen molar-refractivity contribution in [1.29, 1.82) is 0 Å². The van der Waals surface area contributed by atoms with E-state index >= 15 is 0 Å². The number of hydrogen-bond donors (Lipinski definition) is 2. The van der Waals surface area contributed by atoms with Crippen molar-refractivity contribution in [2.45, 2.75) is 11.8 Å². The number of benzene rings is 1. The summed E-state index contributed by atoms with van der Waals surface area (Å²) in [6.45, 7) is 1.06. The molecule has 1 rings (SSSR count). The Balaban J connectivity index is 2.59. The van der Waals surface area contributed by atoms with E-state index in [2.05, 4.69) is 30.7 Å². The summed E-state index contributed by atoms with van der Waals surface area (Å²) in [6, 6.07) is 4.23. The van der Waals surface area contributed by atoms with Crippen molar-refractivity contribution < 1.29 is 22.7 Å². The lowest BCUT2D eigenvalue weighted by atomic mass is 10.4. The Morgan fingerprint density at radius 1 is 1.36 bits per heavy atom. The van der Waals surface area contributed by atoms with E-state index in [1.54, 1.807) is 6.92 Å². The molecule has 0 heterocycles. The molecule has 0 atom stereocenters. The lowest BCUT2D eigenvalue weighted by Crippen LogP contribution is -2.34. The van der Waals surface area contributed by atoms with Crippen LogP contribution in [0.15, 0.2) is 27.6 Å². The Morgan fingerprint density at radius 2 is 2.05 bits per heavy atom. The molecule has 0 saturated carbocycles. The average molecular weight is 414 g/mol. The summed E-state index contributed by atoms with van der Waals surface area (Å²) in [5.74, 6) is -1.34. The maximum Gasteiger partial charge on any atom is 0.321 e. The first kappa shape index (κ1) is 18.9. The zero-order chi connectivity index (χ0) is 16.8. The highest BCUT2D eigenvalue weighted by Gasteiger charge is 2.19. The standard InChI is InChI=1S/C12H14BrClN2O5S/c1-2-15-11(17)7-21-12(18)6-16-22(19,20)10-4-3-8(13)5-9(10)14/h3-5,16H,2,6-7H2,1H3,(H,15,17). The van der Waals surface area contributed by atoms with E-state index in [1.807, 2.05) is 0 Å². The Labute approximate surface area is 141 Å². The van der Waals surface area contributed by atoms with Crippen molar-refractivity contribution in [1.82, 2.24) is 10.0 Å². The summed E-state index contributed by atoms with van der Waals surface area (Å²) in [6.07, 6.45) is 0. The zero-order valence-electron chi connectivity index (χ0n) is 11.6. The highest BCUT2D eigenvalue weighted by Crippen LogP contribution is 2.24. The number of nitrogens with one attached hydrogen (secondary N) is 2. The fourth-order valence-corrected chi connectivity index (χ4v) is 3.37. The molecule has 0 spiro atoms. The van der Waals surface area contributed by atoms with Crippen molar-refractivity contribution in [3.05, 3.63) is 27.7 Å². The van der Waals surface area contributed by atoms with Gasteiger partial charge in [0, 0.05) is 11.0 Å². The molecule has 0 fully saturated rings. The largest absolute Gasteiger partial charge is 0.455 e. The lowest BCUT2D eigenvalue weighted by Gasteiger charge is -2.09. The second-order valence-corrected chi connectivity index (χ2v) is 7.07. The number of carbonyl (C=O) groups is 2. The quantitative estimate of drug-likeness (QED) is 0.651. The summed E-state index contributed by atoms with van der Waals surface area (Å²) in [7, 11) is -3.96. The Bertz CT molecular complexity index is 665. The first-order chi connectivity index (χ1) is 10.3. The first-order valence-electron chi connectivity index (χ1n) is 6.13. The van der Waals surface area contributed by atoms with Gasteiger partial charge in [-0.05, 0) is 25.1 Å². The summed E-state index contributed by atoms with van der Waals surface area (Å²) in [5, 5.41) is 2.45. The molecule has 1 aromatic carbocycles. The molecule has 0 bridgehead atoms. The Morgan fingerprint density at radius 3 is 2.64 bits per heavy atom. The van der Waals surface area contributed by atoms with Gasteiger partial charge in [-0.2, -0.15) is 4.72 Å². The van der Waals surface area contributed by atoms with Crippen LogP contribution in [0.5, 0.6) is 0 Å².